The topological polar surface area (TPSA) is 67.4 Å². The molecule has 2 heterocycles. The van der Waals surface area contributed by atoms with Crippen LogP contribution in [0.4, 0.5) is 0 Å². The van der Waals surface area contributed by atoms with Gasteiger partial charge in [0, 0.05) is 11.6 Å². The average Bonchev–Trinajstić information content (AvgIpc) is 3.34. The summed E-state index contributed by atoms with van der Waals surface area (Å²) in [5.41, 5.74) is 4.59. The molecule has 1 fully saturated rings. The van der Waals surface area contributed by atoms with Gasteiger partial charge < -0.3 is 4.57 Å². The second-order valence-corrected chi connectivity index (χ2v) is 5.64. The first-order valence-electron chi connectivity index (χ1n) is 7.54. The molecular formula is C17H15N5. The molecule has 5 nitrogen and oxygen atoms in total. The van der Waals surface area contributed by atoms with E-state index in [0.717, 1.165) is 47.4 Å². The fraction of sp³-hybridized carbons (Fsp3) is 0.294. The van der Waals surface area contributed by atoms with Crippen LogP contribution < -0.4 is 0 Å². The summed E-state index contributed by atoms with van der Waals surface area (Å²) in [5, 5.41) is 17.4. The molecule has 0 unspecified atom stereocenters. The molecule has 0 saturated heterocycles. The van der Waals surface area contributed by atoms with Gasteiger partial charge in [-0.15, -0.1) is 0 Å². The van der Waals surface area contributed by atoms with Gasteiger partial charge in [-0.3, -0.25) is 0 Å². The number of hydrogen-bond donors (Lipinski definition) is 0. The molecule has 3 aromatic rings. The minimum Gasteiger partial charge on any atom is -0.321 e. The zero-order valence-corrected chi connectivity index (χ0v) is 12.3. The van der Waals surface area contributed by atoms with E-state index < -0.39 is 0 Å². The smallest absolute Gasteiger partial charge is 0.143 e. The zero-order valence-electron chi connectivity index (χ0n) is 12.3. The Labute approximate surface area is 128 Å². The van der Waals surface area contributed by atoms with Crippen LogP contribution in [0.2, 0.25) is 0 Å². The van der Waals surface area contributed by atoms with Crippen LogP contribution in [0.5, 0.6) is 0 Å². The van der Waals surface area contributed by atoms with Crippen LogP contribution in [0.1, 0.15) is 37.1 Å². The van der Waals surface area contributed by atoms with Gasteiger partial charge in [0.15, 0.2) is 0 Å². The van der Waals surface area contributed by atoms with Gasteiger partial charge in [-0.2, -0.15) is 15.5 Å². The number of aryl methyl sites for hydroxylation is 1. The molecule has 0 spiro atoms. The minimum absolute atomic E-state index is 0.479. The van der Waals surface area contributed by atoms with Crippen LogP contribution in [0.15, 0.2) is 30.5 Å². The Balaban J connectivity index is 1.97. The fourth-order valence-electron chi connectivity index (χ4n) is 2.77. The van der Waals surface area contributed by atoms with Gasteiger partial charge in [0.1, 0.15) is 5.82 Å². The number of hydrogen-bond acceptors (Lipinski definition) is 4. The first kappa shape index (κ1) is 13.0. The SMILES string of the molecule is CCc1cc(-c2nc3ccc(C#N)cc3n2C2CC2)cnn1. The Bertz CT molecular complexity index is 899. The summed E-state index contributed by atoms with van der Waals surface area (Å²) in [5.74, 6) is 0.928. The molecule has 22 heavy (non-hydrogen) atoms. The summed E-state index contributed by atoms with van der Waals surface area (Å²) < 4.78 is 2.26. The predicted molar refractivity (Wildman–Crippen MR) is 83.1 cm³/mol. The van der Waals surface area contributed by atoms with Crippen molar-refractivity contribution in [1.82, 2.24) is 19.7 Å². The first-order valence-corrected chi connectivity index (χ1v) is 7.54. The maximum Gasteiger partial charge on any atom is 0.143 e. The lowest BCUT2D eigenvalue weighted by molar-refractivity contribution is 0.773. The molecule has 0 amide bonds. The Morgan fingerprint density at radius 1 is 1.32 bits per heavy atom. The predicted octanol–water partition coefficient (Wildman–Crippen LogP) is 3.26. The van der Waals surface area contributed by atoms with Crippen molar-refractivity contribution in [2.45, 2.75) is 32.2 Å². The molecule has 0 aliphatic heterocycles. The molecule has 1 aliphatic carbocycles. The summed E-state index contributed by atoms with van der Waals surface area (Å²) in [4.78, 5) is 4.78. The number of nitriles is 1. The van der Waals surface area contributed by atoms with Crippen LogP contribution in [0, 0.1) is 11.3 Å². The van der Waals surface area contributed by atoms with E-state index in [2.05, 4.69) is 33.8 Å². The lowest BCUT2D eigenvalue weighted by Crippen LogP contribution is -1.99. The highest BCUT2D eigenvalue weighted by atomic mass is 15.1. The highest BCUT2D eigenvalue weighted by Crippen LogP contribution is 2.41. The van der Waals surface area contributed by atoms with Crippen molar-refractivity contribution in [1.29, 1.82) is 5.26 Å². The molecule has 4 rings (SSSR count). The Kier molecular flexibility index (Phi) is 2.90. The summed E-state index contributed by atoms with van der Waals surface area (Å²) in [7, 11) is 0. The van der Waals surface area contributed by atoms with E-state index in [1.807, 2.05) is 18.2 Å². The van der Waals surface area contributed by atoms with Gasteiger partial charge in [0.05, 0.1) is 34.6 Å². The standard InChI is InChI=1S/C17H15N5/c1-2-13-8-12(10-19-21-13)17-20-15-6-3-11(9-18)7-16(15)22(17)14-4-5-14/h3,6-8,10,14H,2,4-5H2,1H3. The number of rotatable bonds is 3. The van der Waals surface area contributed by atoms with Crippen molar-refractivity contribution in [2.75, 3.05) is 0 Å². The van der Waals surface area contributed by atoms with E-state index in [1.54, 1.807) is 6.20 Å². The van der Waals surface area contributed by atoms with Gasteiger partial charge in [0.25, 0.3) is 0 Å². The van der Waals surface area contributed by atoms with Crippen LogP contribution in [0.3, 0.4) is 0 Å². The zero-order chi connectivity index (χ0) is 15.1. The summed E-state index contributed by atoms with van der Waals surface area (Å²) in [6.07, 6.45) is 4.94. The molecule has 0 atom stereocenters. The molecule has 108 valence electrons. The second-order valence-electron chi connectivity index (χ2n) is 5.64. The van der Waals surface area contributed by atoms with Crippen molar-refractivity contribution in [3.63, 3.8) is 0 Å². The lowest BCUT2D eigenvalue weighted by Gasteiger charge is -2.08. The third-order valence-electron chi connectivity index (χ3n) is 4.06. The van der Waals surface area contributed by atoms with E-state index in [4.69, 9.17) is 10.2 Å². The van der Waals surface area contributed by atoms with Crippen molar-refractivity contribution in [2.24, 2.45) is 0 Å². The summed E-state index contributed by atoms with van der Waals surface area (Å²) in [6.45, 7) is 2.07. The van der Waals surface area contributed by atoms with Gasteiger partial charge in [0.2, 0.25) is 0 Å². The first-order chi connectivity index (χ1) is 10.8. The van der Waals surface area contributed by atoms with E-state index >= 15 is 0 Å². The van der Waals surface area contributed by atoms with Crippen LogP contribution in [-0.2, 0) is 6.42 Å². The van der Waals surface area contributed by atoms with Gasteiger partial charge >= 0.3 is 0 Å². The molecule has 1 saturated carbocycles. The van der Waals surface area contributed by atoms with Crippen LogP contribution in [-0.4, -0.2) is 19.7 Å². The van der Waals surface area contributed by atoms with Crippen molar-refractivity contribution in [3.8, 4) is 17.5 Å². The van der Waals surface area contributed by atoms with Gasteiger partial charge in [-0.1, -0.05) is 6.92 Å². The molecule has 1 aromatic carbocycles. The highest BCUT2D eigenvalue weighted by Gasteiger charge is 2.29. The van der Waals surface area contributed by atoms with E-state index in [-0.39, 0.29) is 0 Å². The second kappa shape index (κ2) is 4.92. The molecular weight excluding hydrogens is 274 g/mol. The molecule has 0 N–H and O–H groups in total. The third-order valence-corrected chi connectivity index (χ3v) is 4.06. The van der Waals surface area contributed by atoms with Gasteiger partial charge in [-0.05, 0) is 43.5 Å². The number of imidazole rings is 1. The van der Waals surface area contributed by atoms with E-state index in [0.29, 0.717) is 11.6 Å². The summed E-state index contributed by atoms with van der Waals surface area (Å²) in [6, 6.07) is 10.4. The quantitative estimate of drug-likeness (QED) is 0.742. The summed E-state index contributed by atoms with van der Waals surface area (Å²) >= 11 is 0. The molecule has 5 heteroatoms. The van der Waals surface area contributed by atoms with E-state index in [1.165, 1.54) is 0 Å². The largest absolute Gasteiger partial charge is 0.321 e. The molecule has 0 bridgehead atoms. The number of nitrogens with zero attached hydrogens (tertiary/aromatic N) is 5. The molecule has 2 aromatic heterocycles. The maximum absolute atomic E-state index is 9.14. The van der Waals surface area contributed by atoms with Crippen molar-refractivity contribution < 1.29 is 0 Å². The van der Waals surface area contributed by atoms with Crippen LogP contribution in [0.25, 0.3) is 22.4 Å². The number of fused-ring (bicyclic) bond motifs is 1. The normalized spacial score (nSPS) is 14.2. The molecule has 1 aliphatic rings. The van der Waals surface area contributed by atoms with E-state index in [9.17, 15) is 0 Å². The number of aromatic nitrogens is 4. The fourth-order valence-corrected chi connectivity index (χ4v) is 2.77. The number of benzene rings is 1. The Morgan fingerprint density at radius 3 is 2.91 bits per heavy atom. The third kappa shape index (κ3) is 2.04. The highest BCUT2D eigenvalue weighted by molar-refractivity contribution is 5.82. The van der Waals surface area contributed by atoms with Crippen molar-refractivity contribution in [3.05, 3.63) is 41.7 Å². The Morgan fingerprint density at radius 2 is 2.18 bits per heavy atom. The Hall–Kier alpha value is -2.74. The van der Waals surface area contributed by atoms with Gasteiger partial charge in [-0.25, -0.2) is 4.98 Å². The van der Waals surface area contributed by atoms with Crippen molar-refractivity contribution >= 4 is 11.0 Å². The minimum atomic E-state index is 0.479. The molecule has 0 radical (unpaired) electrons. The average molecular weight is 289 g/mol. The van der Waals surface area contributed by atoms with Crippen LogP contribution >= 0.6 is 0 Å². The monoisotopic (exact) mass is 289 g/mol. The lowest BCUT2D eigenvalue weighted by atomic mass is 10.2. The maximum atomic E-state index is 9.14.